The standard InChI is InChI=1S/C2H5NO4S/c3-1(2(4)5)8(6)7/h1H,3H2,(H,4,5)(H,6,7). The molecule has 2 unspecified atom stereocenters. The predicted octanol–water partition coefficient (Wildman–Crippen LogP) is -1.42. The van der Waals surface area contributed by atoms with Crippen LogP contribution < -0.4 is 5.73 Å². The molecule has 0 radical (unpaired) electrons. The zero-order chi connectivity index (χ0) is 6.73. The molecule has 4 N–H and O–H groups in total. The molecule has 0 aliphatic heterocycles. The SMILES string of the molecule is NC(C(=O)O)S(=O)O. The van der Waals surface area contributed by atoms with Gasteiger partial charge in [-0.15, -0.1) is 0 Å². The lowest BCUT2D eigenvalue weighted by atomic mass is 10.7. The molecule has 0 aromatic carbocycles. The average molecular weight is 139 g/mol. The van der Waals surface area contributed by atoms with Crippen molar-refractivity contribution in [1.29, 1.82) is 0 Å². The Bertz CT molecular complexity index is 109. The average Bonchev–Trinajstić information content (AvgIpc) is 1.64. The van der Waals surface area contributed by atoms with E-state index in [1.807, 2.05) is 0 Å². The summed E-state index contributed by atoms with van der Waals surface area (Å²) in [4.78, 5) is 9.66. The third kappa shape index (κ3) is 2.01. The normalized spacial score (nSPS) is 17.2. The summed E-state index contributed by atoms with van der Waals surface area (Å²) in [7, 11) is 0. The minimum absolute atomic E-state index is 1.48. The molecule has 5 nitrogen and oxygen atoms in total. The highest BCUT2D eigenvalue weighted by Crippen LogP contribution is 1.81. The lowest BCUT2D eigenvalue weighted by molar-refractivity contribution is -0.136. The van der Waals surface area contributed by atoms with Gasteiger partial charge in [0, 0.05) is 0 Å². The first-order valence-corrected chi connectivity index (χ1v) is 2.80. The predicted molar refractivity (Wildman–Crippen MR) is 26.4 cm³/mol. The summed E-state index contributed by atoms with van der Waals surface area (Å²) >= 11 is -2.46. The van der Waals surface area contributed by atoms with E-state index in [2.05, 4.69) is 5.73 Å². The molecular formula is C2H5NO4S. The van der Waals surface area contributed by atoms with Crippen LogP contribution in [0.1, 0.15) is 0 Å². The molecule has 0 fully saturated rings. The maximum Gasteiger partial charge on any atom is 0.336 e. The maximum atomic E-state index is 9.75. The summed E-state index contributed by atoms with van der Waals surface area (Å²) in [5.41, 5.74) is 4.61. The number of carbonyl (C=O) groups is 1. The molecule has 0 aliphatic rings. The van der Waals surface area contributed by atoms with Crippen LogP contribution in [-0.2, 0) is 15.9 Å². The van der Waals surface area contributed by atoms with Gasteiger partial charge in [0.25, 0.3) is 0 Å². The fraction of sp³-hybridized carbons (Fsp3) is 0.500. The first-order chi connectivity index (χ1) is 3.55. The molecule has 0 aliphatic carbocycles. The summed E-state index contributed by atoms with van der Waals surface area (Å²) in [5.74, 6) is -1.48. The van der Waals surface area contributed by atoms with Crippen molar-refractivity contribution in [3.63, 3.8) is 0 Å². The number of carboxylic acids is 1. The number of carboxylic acid groups (broad SMARTS) is 1. The first kappa shape index (κ1) is 7.54. The third-order valence-electron chi connectivity index (χ3n) is 0.461. The van der Waals surface area contributed by atoms with Crippen LogP contribution in [0, 0.1) is 0 Å². The van der Waals surface area contributed by atoms with Gasteiger partial charge in [-0.2, -0.15) is 0 Å². The van der Waals surface area contributed by atoms with Crippen LogP contribution in [0.3, 0.4) is 0 Å². The van der Waals surface area contributed by atoms with Crippen LogP contribution in [0.15, 0.2) is 0 Å². The van der Waals surface area contributed by atoms with Gasteiger partial charge in [0.15, 0.2) is 11.1 Å². The molecule has 0 aromatic heterocycles. The minimum atomic E-state index is -2.46. The number of hydrogen-bond acceptors (Lipinski definition) is 3. The van der Waals surface area contributed by atoms with Gasteiger partial charge in [-0.05, 0) is 0 Å². The molecule has 0 saturated heterocycles. The van der Waals surface area contributed by atoms with E-state index in [-0.39, 0.29) is 0 Å². The Morgan fingerprint density at radius 2 is 2.12 bits per heavy atom. The second kappa shape index (κ2) is 2.75. The summed E-state index contributed by atoms with van der Waals surface area (Å²) in [6, 6.07) is 0. The maximum absolute atomic E-state index is 9.75. The van der Waals surface area contributed by atoms with E-state index in [0.717, 1.165) is 0 Å². The first-order valence-electron chi connectivity index (χ1n) is 1.63. The Balaban J connectivity index is 3.83. The van der Waals surface area contributed by atoms with Gasteiger partial charge in [-0.25, -0.2) is 9.00 Å². The largest absolute Gasteiger partial charge is 0.479 e. The van der Waals surface area contributed by atoms with Crippen LogP contribution in [0.5, 0.6) is 0 Å². The van der Waals surface area contributed by atoms with Crippen molar-refractivity contribution in [3.05, 3.63) is 0 Å². The Morgan fingerprint density at radius 1 is 1.75 bits per heavy atom. The summed E-state index contributed by atoms with van der Waals surface area (Å²) in [6.45, 7) is 0. The molecule has 0 aromatic rings. The van der Waals surface area contributed by atoms with Crippen LogP contribution in [0.2, 0.25) is 0 Å². The lowest BCUT2D eigenvalue weighted by Crippen LogP contribution is -2.34. The van der Waals surface area contributed by atoms with Crippen LogP contribution in [-0.4, -0.2) is 25.2 Å². The highest BCUT2D eigenvalue weighted by atomic mass is 32.2. The van der Waals surface area contributed by atoms with E-state index in [1.165, 1.54) is 0 Å². The Labute approximate surface area is 47.8 Å². The van der Waals surface area contributed by atoms with E-state index >= 15 is 0 Å². The van der Waals surface area contributed by atoms with Crippen LogP contribution in [0.4, 0.5) is 0 Å². The fourth-order valence-electron chi connectivity index (χ4n) is 0.0862. The molecule has 0 spiro atoms. The topological polar surface area (TPSA) is 101 Å². The van der Waals surface area contributed by atoms with Crippen LogP contribution >= 0.6 is 0 Å². The summed E-state index contributed by atoms with van der Waals surface area (Å²) < 4.78 is 17.7. The van der Waals surface area contributed by atoms with Gasteiger partial charge in [0.2, 0.25) is 5.37 Å². The molecule has 0 heterocycles. The van der Waals surface area contributed by atoms with E-state index in [0.29, 0.717) is 0 Å². The van der Waals surface area contributed by atoms with Gasteiger partial charge in [0.05, 0.1) is 0 Å². The van der Waals surface area contributed by atoms with Crippen molar-refractivity contribution in [1.82, 2.24) is 0 Å². The van der Waals surface area contributed by atoms with Crippen molar-refractivity contribution in [2.75, 3.05) is 0 Å². The molecule has 0 rings (SSSR count). The van der Waals surface area contributed by atoms with Gasteiger partial charge >= 0.3 is 5.97 Å². The molecule has 6 heteroatoms. The zero-order valence-electron chi connectivity index (χ0n) is 3.77. The van der Waals surface area contributed by atoms with Gasteiger partial charge in [-0.1, -0.05) is 0 Å². The molecule has 8 heavy (non-hydrogen) atoms. The molecule has 0 saturated carbocycles. The number of rotatable bonds is 2. The molecule has 0 bridgehead atoms. The van der Waals surface area contributed by atoms with E-state index in [1.54, 1.807) is 0 Å². The van der Waals surface area contributed by atoms with Crippen molar-refractivity contribution >= 4 is 17.0 Å². The Morgan fingerprint density at radius 3 is 2.12 bits per heavy atom. The highest BCUT2D eigenvalue weighted by molar-refractivity contribution is 7.80. The Kier molecular flexibility index (Phi) is 2.59. The van der Waals surface area contributed by atoms with Crippen molar-refractivity contribution in [2.45, 2.75) is 5.37 Å². The smallest absolute Gasteiger partial charge is 0.336 e. The number of nitrogens with two attached hydrogens (primary N) is 1. The van der Waals surface area contributed by atoms with Crippen molar-refractivity contribution in [3.8, 4) is 0 Å². The van der Waals surface area contributed by atoms with Gasteiger partial charge in [0.1, 0.15) is 0 Å². The van der Waals surface area contributed by atoms with Gasteiger partial charge in [-0.3, -0.25) is 0 Å². The van der Waals surface area contributed by atoms with E-state index in [4.69, 9.17) is 9.66 Å². The van der Waals surface area contributed by atoms with Crippen molar-refractivity contribution in [2.24, 2.45) is 5.73 Å². The summed E-state index contributed by atoms with van der Waals surface area (Å²) in [6.07, 6.45) is 0. The van der Waals surface area contributed by atoms with E-state index < -0.39 is 22.4 Å². The highest BCUT2D eigenvalue weighted by Gasteiger charge is 2.16. The van der Waals surface area contributed by atoms with Gasteiger partial charge < -0.3 is 15.4 Å². The van der Waals surface area contributed by atoms with Crippen LogP contribution in [0.25, 0.3) is 0 Å². The number of aliphatic carboxylic acids is 1. The second-order valence-electron chi connectivity index (χ2n) is 1.04. The molecule has 48 valence electrons. The monoisotopic (exact) mass is 139 g/mol. The second-order valence-corrected chi connectivity index (χ2v) is 2.10. The van der Waals surface area contributed by atoms with E-state index in [9.17, 15) is 9.00 Å². The molecular weight excluding hydrogens is 134 g/mol. The summed E-state index contributed by atoms with van der Waals surface area (Å²) in [5, 5.41) is 6.19. The quantitative estimate of drug-likeness (QED) is 0.407. The molecule has 0 amide bonds. The zero-order valence-corrected chi connectivity index (χ0v) is 4.59. The molecule has 2 atom stereocenters. The van der Waals surface area contributed by atoms with Crippen molar-refractivity contribution < 1.29 is 18.7 Å². The minimum Gasteiger partial charge on any atom is -0.479 e. The fourth-order valence-corrected chi connectivity index (χ4v) is 0.259. The lowest BCUT2D eigenvalue weighted by Gasteiger charge is -1.96. The number of hydrogen-bond donors (Lipinski definition) is 3. The third-order valence-corrected chi connectivity index (χ3v) is 1.10. The Hall–Kier alpha value is -0.460.